The number of carbonyl (C=O) groups is 1. The van der Waals surface area contributed by atoms with Crippen LogP contribution in [0.25, 0.3) is 11.3 Å². The largest absolute Gasteiger partial charge is 0.453 e. The summed E-state index contributed by atoms with van der Waals surface area (Å²) in [5, 5.41) is 0.0402. The van der Waals surface area contributed by atoms with E-state index in [4.69, 9.17) is 16.3 Å². The topological polar surface area (TPSA) is 47.4 Å². The van der Waals surface area contributed by atoms with Gasteiger partial charge in [-0.2, -0.15) is 0 Å². The number of rotatable bonds is 6. The van der Waals surface area contributed by atoms with Crippen LogP contribution in [0.5, 0.6) is 11.5 Å². The zero-order chi connectivity index (χ0) is 20.4. The Morgan fingerprint density at radius 1 is 1.18 bits per heavy atom. The van der Waals surface area contributed by atoms with Gasteiger partial charge in [0.2, 0.25) is 0 Å². The van der Waals surface area contributed by atoms with Crippen LogP contribution in [-0.2, 0) is 13.6 Å². The third-order valence-corrected chi connectivity index (χ3v) is 4.38. The first-order valence-corrected chi connectivity index (χ1v) is 8.75. The lowest BCUT2D eigenvalue weighted by Gasteiger charge is -2.12. The molecule has 8 heteroatoms. The maximum Gasteiger partial charge on any atom is 0.166 e. The highest BCUT2D eigenvalue weighted by Gasteiger charge is 2.16. The van der Waals surface area contributed by atoms with Crippen LogP contribution in [0.1, 0.15) is 16.2 Å². The molecule has 0 aliphatic carbocycles. The van der Waals surface area contributed by atoms with Crippen LogP contribution in [0.3, 0.4) is 0 Å². The van der Waals surface area contributed by atoms with Gasteiger partial charge in [0.1, 0.15) is 17.4 Å². The number of benzene rings is 2. The summed E-state index contributed by atoms with van der Waals surface area (Å²) in [6, 6.07) is 6.63. The Morgan fingerprint density at radius 2 is 1.93 bits per heavy atom. The van der Waals surface area contributed by atoms with Crippen molar-refractivity contribution in [2.45, 2.75) is 6.54 Å². The van der Waals surface area contributed by atoms with E-state index in [9.17, 15) is 13.6 Å². The van der Waals surface area contributed by atoms with E-state index in [1.807, 2.05) is 30.6 Å². The lowest BCUT2D eigenvalue weighted by Crippen LogP contribution is -2.14. The molecule has 146 valence electrons. The van der Waals surface area contributed by atoms with Gasteiger partial charge >= 0.3 is 0 Å². The number of halogens is 3. The van der Waals surface area contributed by atoms with Crippen molar-refractivity contribution in [3.8, 4) is 22.8 Å². The van der Waals surface area contributed by atoms with Crippen molar-refractivity contribution >= 4 is 17.9 Å². The van der Waals surface area contributed by atoms with Gasteiger partial charge in [0, 0.05) is 23.7 Å². The van der Waals surface area contributed by atoms with Gasteiger partial charge in [0.25, 0.3) is 0 Å². The third-order valence-electron chi connectivity index (χ3n) is 4.16. The first-order valence-electron chi connectivity index (χ1n) is 8.37. The summed E-state index contributed by atoms with van der Waals surface area (Å²) in [7, 11) is 5.73. The summed E-state index contributed by atoms with van der Waals surface area (Å²) in [6.07, 6.45) is 1.97. The van der Waals surface area contributed by atoms with Gasteiger partial charge in [-0.3, -0.25) is 4.79 Å². The number of nitrogens with zero attached hydrogens (tertiary/aromatic N) is 3. The minimum atomic E-state index is -0.835. The fourth-order valence-corrected chi connectivity index (χ4v) is 2.96. The molecule has 1 aromatic heterocycles. The number of hydrogen-bond acceptors (Lipinski definition) is 4. The number of carbonyl (C=O) groups excluding carboxylic acids is 1. The van der Waals surface area contributed by atoms with Crippen molar-refractivity contribution in [1.82, 2.24) is 14.5 Å². The Bertz CT molecular complexity index is 1030. The summed E-state index contributed by atoms with van der Waals surface area (Å²) < 4.78 is 35.8. The van der Waals surface area contributed by atoms with Crippen LogP contribution in [0, 0.1) is 11.6 Å². The van der Waals surface area contributed by atoms with E-state index in [1.165, 1.54) is 18.2 Å². The molecule has 0 saturated carbocycles. The van der Waals surface area contributed by atoms with E-state index in [0.717, 1.165) is 17.6 Å². The highest BCUT2D eigenvalue weighted by atomic mass is 35.5. The minimum absolute atomic E-state index is 0.0402. The molecule has 0 aliphatic heterocycles. The molecule has 0 saturated heterocycles. The summed E-state index contributed by atoms with van der Waals surface area (Å²) in [4.78, 5) is 17.5. The van der Waals surface area contributed by atoms with Crippen LogP contribution in [0.4, 0.5) is 8.78 Å². The van der Waals surface area contributed by atoms with Gasteiger partial charge in [0.05, 0.1) is 24.0 Å². The van der Waals surface area contributed by atoms with Crippen molar-refractivity contribution in [1.29, 1.82) is 0 Å². The first-order chi connectivity index (χ1) is 13.3. The Hall–Kier alpha value is -2.77. The van der Waals surface area contributed by atoms with E-state index in [-0.39, 0.29) is 22.1 Å². The van der Waals surface area contributed by atoms with Crippen molar-refractivity contribution in [2.75, 3.05) is 14.1 Å². The van der Waals surface area contributed by atoms with Crippen molar-refractivity contribution in [3.63, 3.8) is 0 Å². The molecule has 1 heterocycles. The average Bonchev–Trinajstić information content (AvgIpc) is 2.96. The van der Waals surface area contributed by atoms with E-state index < -0.39 is 11.6 Å². The maximum atomic E-state index is 14.6. The van der Waals surface area contributed by atoms with Crippen LogP contribution in [0.15, 0.2) is 36.5 Å². The Kier molecular flexibility index (Phi) is 5.76. The number of ether oxygens (including phenoxy) is 1. The number of imidazole rings is 1. The molecular formula is C20H18ClF2N3O2. The molecule has 0 aliphatic rings. The molecule has 28 heavy (non-hydrogen) atoms. The highest BCUT2D eigenvalue weighted by Crippen LogP contribution is 2.33. The quantitative estimate of drug-likeness (QED) is 0.558. The molecule has 0 spiro atoms. The molecule has 0 fully saturated rings. The van der Waals surface area contributed by atoms with Gasteiger partial charge in [-0.1, -0.05) is 11.6 Å². The van der Waals surface area contributed by atoms with Crippen LogP contribution >= 0.6 is 11.6 Å². The van der Waals surface area contributed by atoms with Gasteiger partial charge in [0.15, 0.2) is 17.9 Å². The number of aromatic nitrogens is 2. The van der Waals surface area contributed by atoms with Gasteiger partial charge in [-0.15, -0.1) is 0 Å². The fourth-order valence-electron chi connectivity index (χ4n) is 2.77. The fraction of sp³-hybridized carbons (Fsp3) is 0.200. The standard InChI is InChI=1S/C20H18ClF2N3O2/c1-25(2)10-20-24-9-17(26(20)3)12-4-5-18(16(23)6-12)28-19-8-13(21)7-15(22)14(19)11-27/h4-9,11H,10H2,1-3H3. The molecule has 0 radical (unpaired) electrons. The normalized spacial score (nSPS) is 11.1. The van der Waals surface area contributed by atoms with Gasteiger partial charge in [-0.05, 0) is 38.4 Å². The van der Waals surface area contributed by atoms with E-state index in [2.05, 4.69) is 4.98 Å². The molecule has 2 aromatic carbocycles. The zero-order valence-corrected chi connectivity index (χ0v) is 16.3. The lowest BCUT2D eigenvalue weighted by molar-refractivity contribution is 0.111. The summed E-state index contributed by atoms with van der Waals surface area (Å²) in [6.45, 7) is 0.648. The molecular weight excluding hydrogens is 388 g/mol. The predicted molar refractivity (Wildman–Crippen MR) is 103 cm³/mol. The molecule has 3 rings (SSSR count). The van der Waals surface area contributed by atoms with Crippen LogP contribution < -0.4 is 4.74 Å². The second kappa shape index (κ2) is 8.08. The molecule has 3 aromatic rings. The van der Waals surface area contributed by atoms with Crippen molar-refractivity contribution in [2.24, 2.45) is 7.05 Å². The first kappa shape index (κ1) is 20.0. The van der Waals surface area contributed by atoms with Crippen LogP contribution in [-0.4, -0.2) is 34.8 Å². The van der Waals surface area contributed by atoms with Crippen molar-refractivity contribution < 1.29 is 18.3 Å². The van der Waals surface area contributed by atoms with E-state index >= 15 is 0 Å². The minimum Gasteiger partial charge on any atom is -0.453 e. The number of hydrogen-bond donors (Lipinski definition) is 0. The summed E-state index contributed by atoms with van der Waals surface area (Å²) >= 11 is 5.80. The summed E-state index contributed by atoms with van der Waals surface area (Å²) in [5.74, 6) is -0.960. The van der Waals surface area contributed by atoms with E-state index in [0.29, 0.717) is 18.4 Å². The maximum absolute atomic E-state index is 14.6. The predicted octanol–water partition coefficient (Wildman–Crippen LogP) is 4.69. The molecule has 0 N–H and O–H groups in total. The lowest BCUT2D eigenvalue weighted by atomic mass is 10.1. The Balaban J connectivity index is 1.92. The van der Waals surface area contributed by atoms with E-state index in [1.54, 1.807) is 12.3 Å². The molecule has 0 amide bonds. The zero-order valence-electron chi connectivity index (χ0n) is 15.5. The smallest absolute Gasteiger partial charge is 0.166 e. The van der Waals surface area contributed by atoms with Gasteiger partial charge in [-0.25, -0.2) is 13.8 Å². The Labute approximate surface area is 166 Å². The Morgan fingerprint density at radius 3 is 2.57 bits per heavy atom. The van der Waals surface area contributed by atoms with Crippen LogP contribution in [0.2, 0.25) is 5.02 Å². The third kappa shape index (κ3) is 4.05. The second-order valence-electron chi connectivity index (χ2n) is 6.52. The highest BCUT2D eigenvalue weighted by molar-refractivity contribution is 6.30. The monoisotopic (exact) mass is 405 g/mol. The average molecular weight is 406 g/mol. The molecule has 0 unspecified atom stereocenters. The second-order valence-corrected chi connectivity index (χ2v) is 6.96. The van der Waals surface area contributed by atoms with Gasteiger partial charge < -0.3 is 14.2 Å². The molecule has 0 bridgehead atoms. The molecule has 5 nitrogen and oxygen atoms in total. The van der Waals surface area contributed by atoms with Crippen molar-refractivity contribution in [3.05, 3.63) is 64.6 Å². The summed E-state index contributed by atoms with van der Waals surface area (Å²) in [5.41, 5.74) is 1.02. The SMILES string of the molecule is CN(C)Cc1ncc(-c2ccc(Oc3cc(Cl)cc(F)c3C=O)c(F)c2)n1C. The number of aldehydes is 1. The molecule has 0 atom stereocenters.